The van der Waals surface area contributed by atoms with Gasteiger partial charge < -0.3 is 0 Å². The van der Waals surface area contributed by atoms with Crippen LogP contribution in [0.5, 0.6) is 5.88 Å². The summed E-state index contributed by atoms with van der Waals surface area (Å²) in [5, 5.41) is 5.26. The second-order valence-electron chi connectivity index (χ2n) is 8.52. The molecule has 9 nitrogen and oxygen atoms in total. The van der Waals surface area contributed by atoms with E-state index in [1.807, 2.05) is 12.1 Å². The molecule has 0 amide bonds. The third-order valence-electron chi connectivity index (χ3n) is 5.95. The number of aryl methyl sites for hydroxylation is 1. The van der Waals surface area contributed by atoms with Crippen LogP contribution < -0.4 is 4.74 Å². The van der Waals surface area contributed by atoms with Gasteiger partial charge in [0.05, 0.1) is 0 Å². The van der Waals surface area contributed by atoms with Gasteiger partial charge in [0.25, 0.3) is 0 Å². The normalized spacial score (nSPS) is 14.0. The van der Waals surface area contributed by atoms with E-state index in [1.54, 1.807) is 31.2 Å². The topological polar surface area (TPSA) is 96.4 Å². The third-order valence-corrected chi connectivity index (χ3v) is 8.19. The molecule has 184 valence electrons. The summed E-state index contributed by atoms with van der Waals surface area (Å²) in [5.74, 6) is 1.58. The first-order chi connectivity index (χ1) is 17.3. The number of imidazole rings is 1. The van der Waals surface area contributed by atoms with E-state index >= 15 is 0 Å². The van der Waals surface area contributed by atoms with Gasteiger partial charge in [0, 0.05) is 0 Å². The molecule has 0 bridgehead atoms. The summed E-state index contributed by atoms with van der Waals surface area (Å²) in [6.45, 7) is 0.453. The molecule has 1 saturated carbocycles. The van der Waals surface area contributed by atoms with E-state index in [0.717, 1.165) is 39.0 Å². The molecule has 5 heterocycles. The molecule has 0 aromatic carbocycles. The Morgan fingerprint density at radius 2 is 1.94 bits per heavy atom. The average Bonchev–Trinajstić information content (AvgIpc) is 3.27. The Labute approximate surface area is 208 Å². The van der Waals surface area contributed by atoms with Crippen molar-refractivity contribution in [2.45, 2.75) is 31.5 Å². The van der Waals surface area contributed by atoms with Crippen molar-refractivity contribution in [1.82, 2.24) is 39.3 Å². The summed E-state index contributed by atoms with van der Waals surface area (Å²) in [6, 6.07) is 3.75. The van der Waals surface area contributed by atoms with Crippen LogP contribution in [0, 0.1) is 0 Å². The molecule has 0 saturated heterocycles. The summed E-state index contributed by atoms with van der Waals surface area (Å²) in [7, 11) is 3.13. The minimum absolute atomic E-state index is 0.203. The van der Waals surface area contributed by atoms with Gasteiger partial charge >= 0.3 is 209 Å². The summed E-state index contributed by atoms with van der Waals surface area (Å²) >= 11 is -0.203. The van der Waals surface area contributed by atoms with E-state index in [0.29, 0.717) is 41.2 Å². The molecule has 6 rings (SSSR count). The predicted octanol–water partition coefficient (Wildman–Crippen LogP) is 3.69. The van der Waals surface area contributed by atoms with Gasteiger partial charge in [0.15, 0.2) is 0 Å². The summed E-state index contributed by atoms with van der Waals surface area (Å²) in [6.07, 6.45) is 3.56. The predicted molar refractivity (Wildman–Crippen MR) is 125 cm³/mol. The average molecular weight is 559 g/mol. The van der Waals surface area contributed by atoms with E-state index in [9.17, 15) is 13.2 Å². The van der Waals surface area contributed by atoms with E-state index in [1.165, 1.54) is 10.9 Å². The first kappa shape index (κ1) is 22.9. The molecule has 5 aromatic heterocycles. The van der Waals surface area contributed by atoms with Crippen LogP contribution in [0.4, 0.5) is 13.2 Å². The summed E-state index contributed by atoms with van der Waals surface area (Å²) in [5.41, 5.74) is 1.34. The number of fused-ring (bicyclic) bond motifs is 1. The number of alkyl halides is 3. The standard InChI is InChI=1S/C23H19F3N8OSe/c1-33-10-16(23(24,25)26)31-21(33)15-6-5-14(36-15)9-34-20-13(8-30-34)7-27-19(32-20)17-18(12-3-4-12)28-11-29-22(17)35-2/h5-8,10-12H,3-4,9H2,1-2H3. The van der Waals surface area contributed by atoms with Crippen LogP contribution in [0.1, 0.15) is 34.6 Å². The van der Waals surface area contributed by atoms with E-state index in [2.05, 4.69) is 25.0 Å². The number of aromatic nitrogens is 8. The van der Waals surface area contributed by atoms with Crippen molar-refractivity contribution in [2.75, 3.05) is 7.11 Å². The van der Waals surface area contributed by atoms with Gasteiger partial charge in [0.2, 0.25) is 0 Å². The zero-order valence-corrected chi connectivity index (χ0v) is 20.9. The number of rotatable bonds is 6. The molecule has 36 heavy (non-hydrogen) atoms. The zero-order valence-electron chi connectivity index (χ0n) is 19.2. The number of methoxy groups -OCH3 is 1. The van der Waals surface area contributed by atoms with Gasteiger partial charge in [-0.15, -0.1) is 0 Å². The van der Waals surface area contributed by atoms with Crippen molar-refractivity contribution >= 4 is 25.5 Å². The number of hydrogen-bond acceptors (Lipinski definition) is 7. The van der Waals surface area contributed by atoms with Gasteiger partial charge in [-0.2, -0.15) is 0 Å². The van der Waals surface area contributed by atoms with Gasteiger partial charge in [-0.05, 0) is 0 Å². The van der Waals surface area contributed by atoms with Crippen molar-refractivity contribution in [2.24, 2.45) is 7.05 Å². The SMILES string of the molecule is COc1ncnc(C2CC2)c1-c1ncc2cnn(Cc3ccc(-c4nc(C(F)(F)F)cn4C)[se]3)c2n1. The van der Waals surface area contributed by atoms with E-state index in [-0.39, 0.29) is 14.5 Å². The quantitative estimate of drug-likeness (QED) is 0.293. The van der Waals surface area contributed by atoms with Gasteiger partial charge in [0.1, 0.15) is 0 Å². The minimum atomic E-state index is -4.48. The van der Waals surface area contributed by atoms with Crippen LogP contribution in [-0.2, 0) is 19.8 Å². The van der Waals surface area contributed by atoms with E-state index < -0.39 is 11.9 Å². The fraction of sp³-hybridized carbons (Fsp3) is 0.304. The Bertz CT molecular complexity index is 1580. The zero-order chi connectivity index (χ0) is 25.0. The Morgan fingerprint density at radius 3 is 2.67 bits per heavy atom. The van der Waals surface area contributed by atoms with Gasteiger partial charge in [-0.3, -0.25) is 0 Å². The van der Waals surface area contributed by atoms with Crippen LogP contribution in [-0.4, -0.2) is 60.9 Å². The van der Waals surface area contributed by atoms with Crippen molar-refractivity contribution in [3.63, 3.8) is 0 Å². The Hall–Kier alpha value is -3.57. The van der Waals surface area contributed by atoms with Gasteiger partial charge in [-0.1, -0.05) is 0 Å². The Kier molecular flexibility index (Phi) is 5.41. The summed E-state index contributed by atoms with van der Waals surface area (Å²) in [4.78, 5) is 21.9. The first-order valence-electron chi connectivity index (χ1n) is 11.1. The second-order valence-corrected chi connectivity index (χ2v) is 11.0. The molecule has 13 heteroatoms. The summed E-state index contributed by atoms with van der Waals surface area (Å²) < 4.78 is 49.7. The Morgan fingerprint density at radius 1 is 1.11 bits per heavy atom. The van der Waals surface area contributed by atoms with Crippen molar-refractivity contribution in [3.8, 4) is 27.5 Å². The molecule has 0 spiro atoms. The molecule has 5 aromatic rings. The molecule has 1 aliphatic carbocycles. The third kappa shape index (κ3) is 4.07. The number of hydrogen-bond donors (Lipinski definition) is 0. The molecule has 0 unspecified atom stereocenters. The molecular formula is C23H19F3N8OSe. The molecule has 1 aliphatic rings. The van der Waals surface area contributed by atoms with Crippen molar-refractivity contribution in [1.29, 1.82) is 0 Å². The molecule has 0 atom stereocenters. The van der Waals surface area contributed by atoms with Crippen LogP contribution in [0.3, 0.4) is 0 Å². The number of nitrogens with zero attached hydrogens (tertiary/aromatic N) is 8. The first-order valence-corrected chi connectivity index (χ1v) is 12.8. The van der Waals surface area contributed by atoms with Crippen LogP contribution in [0.15, 0.2) is 37.1 Å². The van der Waals surface area contributed by atoms with Crippen LogP contribution in [0.25, 0.3) is 32.7 Å². The monoisotopic (exact) mass is 560 g/mol. The number of ether oxygens (including phenoxy) is 1. The van der Waals surface area contributed by atoms with E-state index in [4.69, 9.17) is 9.72 Å². The van der Waals surface area contributed by atoms with Crippen molar-refractivity contribution in [3.05, 3.63) is 52.9 Å². The molecule has 0 aliphatic heterocycles. The maximum absolute atomic E-state index is 13.1. The Balaban J connectivity index is 1.34. The second kappa shape index (κ2) is 8.52. The molecule has 0 radical (unpaired) electrons. The fourth-order valence-corrected chi connectivity index (χ4v) is 6.22. The van der Waals surface area contributed by atoms with Crippen LogP contribution in [0.2, 0.25) is 0 Å². The molecule has 0 N–H and O–H groups in total. The molecular weight excluding hydrogens is 540 g/mol. The van der Waals surface area contributed by atoms with Gasteiger partial charge in [-0.25, -0.2) is 0 Å². The number of halogens is 3. The maximum atomic E-state index is 13.1. The fourth-order valence-electron chi connectivity index (χ4n) is 4.08. The van der Waals surface area contributed by atoms with Crippen molar-refractivity contribution < 1.29 is 17.9 Å². The van der Waals surface area contributed by atoms with Crippen LogP contribution >= 0.6 is 0 Å². The molecule has 1 fully saturated rings.